The second-order valence-electron chi connectivity index (χ2n) is 2.32. The number of carbonyl (C=O) groups excluding carboxylic acids is 2. The molecular formula is C9H7BrO3S. The molecule has 0 saturated heterocycles. The summed E-state index contributed by atoms with van der Waals surface area (Å²) in [5, 5.41) is 0. The molecule has 0 N–H and O–H groups in total. The molecule has 14 heavy (non-hydrogen) atoms. The fourth-order valence-electron chi connectivity index (χ4n) is 0.741. The van der Waals surface area contributed by atoms with Crippen molar-refractivity contribution in [2.24, 2.45) is 0 Å². The van der Waals surface area contributed by atoms with Gasteiger partial charge in [-0.2, -0.15) is 0 Å². The topological polar surface area (TPSA) is 43.4 Å². The number of rotatable bonds is 3. The van der Waals surface area contributed by atoms with Crippen LogP contribution in [-0.2, 0) is 9.53 Å². The zero-order valence-corrected chi connectivity index (χ0v) is 9.72. The smallest absolute Gasteiger partial charge is 0.330 e. The Bertz CT molecular complexity index is 381. The Balaban J connectivity index is 2.68. The van der Waals surface area contributed by atoms with Gasteiger partial charge in [-0.15, -0.1) is 11.3 Å². The molecule has 5 heteroatoms. The first-order chi connectivity index (χ1) is 6.63. The summed E-state index contributed by atoms with van der Waals surface area (Å²) in [6.07, 6.45) is 2.31. The monoisotopic (exact) mass is 274 g/mol. The fraction of sp³-hybridized carbons (Fsp3) is 0.111. The third kappa shape index (κ3) is 3.08. The van der Waals surface area contributed by atoms with Gasteiger partial charge >= 0.3 is 5.97 Å². The van der Waals surface area contributed by atoms with Gasteiger partial charge in [0.25, 0.3) is 0 Å². The summed E-state index contributed by atoms with van der Waals surface area (Å²) >= 11 is 4.56. The van der Waals surface area contributed by atoms with E-state index in [1.54, 1.807) is 12.1 Å². The fourth-order valence-corrected chi connectivity index (χ4v) is 2.05. The van der Waals surface area contributed by atoms with Crippen LogP contribution >= 0.6 is 27.3 Å². The number of carbonyl (C=O) groups is 2. The van der Waals surface area contributed by atoms with E-state index in [0.717, 1.165) is 9.86 Å². The van der Waals surface area contributed by atoms with Crippen molar-refractivity contribution in [1.29, 1.82) is 0 Å². The SMILES string of the molecule is COC(=O)/C=C/C(=O)c1ccc(Br)s1. The van der Waals surface area contributed by atoms with Gasteiger partial charge in [0.05, 0.1) is 15.8 Å². The number of thiophene rings is 1. The summed E-state index contributed by atoms with van der Waals surface area (Å²) in [6, 6.07) is 3.47. The third-order valence-corrected chi connectivity index (χ3v) is 3.03. The Morgan fingerprint density at radius 3 is 2.64 bits per heavy atom. The van der Waals surface area contributed by atoms with Gasteiger partial charge in [0.2, 0.25) is 0 Å². The molecule has 0 aliphatic rings. The number of esters is 1. The van der Waals surface area contributed by atoms with E-state index in [4.69, 9.17) is 0 Å². The minimum absolute atomic E-state index is 0.203. The molecule has 1 aromatic rings. The molecule has 1 aromatic heterocycles. The minimum atomic E-state index is -0.533. The zero-order chi connectivity index (χ0) is 10.6. The molecule has 1 heterocycles. The van der Waals surface area contributed by atoms with Crippen molar-refractivity contribution in [3.05, 3.63) is 32.9 Å². The van der Waals surface area contributed by atoms with Crippen LogP contribution in [0.25, 0.3) is 0 Å². The molecule has 0 fully saturated rings. The molecule has 3 nitrogen and oxygen atoms in total. The van der Waals surface area contributed by atoms with Crippen molar-refractivity contribution in [3.8, 4) is 0 Å². The van der Waals surface area contributed by atoms with Crippen LogP contribution in [0.2, 0.25) is 0 Å². The van der Waals surface area contributed by atoms with Crippen LogP contribution in [0, 0.1) is 0 Å². The molecule has 1 rings (SSSR count). The Labute approximate surface area is 93.5 Å². The highest BCUT2D eigenvalue weighted by Crippen LogP contribution is 2.22. The summed E-state index contributed by atoms with van der Waals surface area (Å²) in [7, 11) is 1.26. The van der Waals surface area contributed by atoms with Crippen molar-refractivity contribution in [2.45, 2.75) is 0 Å². The van der Waals surface area contributed by atoms with Gasteiger partial charge in [0.1, 0.15) is 0 Å². The standard InChI is InChI=1S/C9H7BrO3S/c1-13-9(12)5-2-6(11)7-3-4-8(10)14-7/h2-5H,1H3/b5-2+. The number of hydrogen-bond acceptors (Lipinski definition) is 4. The number of ether oxygens (including phenoxy) is 1. The lowest BCUT2D eigenvalue weighted by molar-refractivity contribution is -0.134. The normalized spacial score (nSPS) is 10.4. The third-order valence-electron chi connectivity index (χ3n) is 1.39. The van der Waals surface area contributed by atoms with Gasteiger partial charge in [0, 0.05) is 6.08 Å². The van der Waals surface area contributed by atoms with Gasteiger partial charge in [0.15, 0.2) is 5.78 Å². The molecule has 0 aliphatic carbocycles. The second-order valence-corrected chi connectivity index (χ2v) is 4.79. The summed E-state index contributed by atoms with van der Waals surface area (Å²) in [4.78, 5) is 22.6. The molecule has 0 aromatic carbocycles. The lowest BCUT2D eigenvalue weighted by Crippen LogP contribution is -1.97. The average Bonchev–Trinajstić information content (AvgIpc) is 2.60. The summed E-state index contributed by atoms with van der Waals surface area (Å²) in [5.41, 5.74) is 0. The van der Waals surface area contributed by atoms with E-state index in [1.807, 2.05) is 0 Å². The second kappa shape index (κ2) is 5.07. The molecule has 74 valence electrons. The van der Waals surface area contributed by atoms with Crippen molar-refractivity contribution < 1.29 is 14.3 Å². The van der Waals surface area contributed by atoms with Crippen molar-refractivity contribution in [1.82, 2.24) is 0 Å². The molecule has 0 spiro atoms. The van der Waals surface area contributed by atoms with E-state index < -0.39 is 5.97 Å². The highest BCUT2D eigenvalue weighted by Gasteiger charge is 2.05. The van der Waals surface area contributed by atoms with Crippen LogP contribution < -0.4 is 0 Å². The summed E-state index contributed by atoms with van der Waals surface area (Å²) in [6.45, 7) is 0. The quantitative estimate of drug-likeness (QED) is 0.483. The number of hydrogen-bond donors (Lipinski definition) is 0. The number of allylic oxidation sites excluding steroid dienone is 1. The molecule has 0 aliphatic heterocycles. The van der Waals surface area contributed by atoms with Gasteiger partial charge in [-0.25, -0.2) is 4.79 Å². The molecule has 0 amide bonds. The largest absolute Gasteiger partial charge is 0.466 e. The van der Waals surface area contributed by atoms with Crippen LogP contribution in [0.4, 0.5) is 0 Å². The maximum atomic E-state index is 11.4. The van der Waals surface area contributed by atoms with Crippen molar-refractivity contribution in [3.63, 3.8) is 0 Å². The van der Waals surface area contributed by atoms with Crippen molar-refractivity contribution in [2.75, 3.05) is 7.11 Å². The molecule has 0 unspecified atom stereocenters. The lowest BCUT2D eigenvalue weighted by atomic mass is 10.3. The molecular weight excluding hydrogens is 268 g/mol. The first-order valence-corrected chi connectivity index (χ1v) is 5.30. The first kappa shape index (κ1) is 11.1. The molecule has 0 bridgehead atoms. The Hall–Kier alpha value is -0.940. The van der Waals surface area contributed by atoms with Crippen LogP contribution in [0.5, 0.6) is 0 Å². The zero-order valence-electron chi connectivity index (χ0n) is 7.32. The molecule has 0 atom stereocenters. The Kier molecular flexibility index (Phi) is 4.03. The Morgan fingerprint density at radius 2 is 2.14 bits per heavy atom. The summed E-state index contributed by atoms with van der Waals surface area (Å²) in [5.74, 6) is -0.736. The van der Waals surface area contributed by atoms with Crippen LogP contribution in [0.1, 0.15) is 9.67 Å². The van der Waals surface area contributed by atoms with E-state index in [0.29, 0.717) is 4.88 Å². The maximum Gasteiger partial charge on any atom is 0.330 e. The highest BCUT2D eigenvalue weighted by atomic mass is 79.9. The first-order valence-electron chi connectivity index (χ1n) is 3.69. The van der Waals surface area contributed by atoms with E-state index in [9.17, 15) is 9.59 Å². The van der Waals surface area contributed by atoms with Gasteiger partial charge in [-0.05, 0) is 34.1 Å². The van der Waals surface area contributed by atoms with Gasteiger partial charge in [-0.3, -0.25) is 4.79 Å². The van der Waals surface area contributed by atoms with Crippen LogP contribution in [0.3, 0.4) is 0 Å². The highest BCUT2D eigenvalue weighted by molar-refractivity contribution is 9.11. The number of halogens is 1. The maximum absolute atomic E-state index is 11.4. The van der Waals surface area contributed by atoms with Gasteiger partial charge in [-0.1, -0.05) is 0 Å². The average molecular weight is 275 g/mol. The van der Waals surface area contributed by atoms with Gasteiger partial charge < -0.3 is 4.74 Å². The van der Waals surface area contributed by atoms with E-state index in [-0.39, 0.29) is 5.78 Å². The lowest BCUT2D eigenvalue weighted by Gasteiger charge is -1.89. The number of ketones is 1. The number of methoxy groups -OCH3 is 1. The Morgan fingerprint density at radius 1 is 1.43 bits per heavy atom. The van der Waals surface area contributed by atoms with E-state index >= 15 is 0 Å². The summed E-state index contributed by atoms with van der Waals surface area (Å²) < 4.78 is 5.24. The van der Waals surface area contributed by atoms with Crippen LogP contribution in [0.15, 0.2) is 28.1 Å². The predicted molar refractivity (Wildman–Crippen MR) is 57.5 cm³/mol. The molecule has 0 radical (unpaired) electrons. The van der Waals surface area contributed by atoms with E-state index in [2.05, 4.69) is 20.7 Å². The minimum Gasteiger partial charge on any atom is -0.466 e. The van der Waals surface area contributed by atoms with Crippen molar-refractivity contribution >= 4 is 39.0 Å². The predicted octanol–water partition coefficient (Wildman–Crippen LogP) is 2.42. The molecule has 0 saturated carbocycles. The van der Waals surface area contributed by atoms with E-state index in [1.165, 1.54) is 24.5 Å². The van der Waals surface area contributed by atoms with Crippen LogP contribution in [-0.4, -0.2) is 18.9 Å².